The highest BCUT2D eigenvalue weighted by Crippen LogP contribution is 2.16. The van der Waals surface area contributed by atoms with Gasteiger partial charge in [-0.2, -0.15) is 11.8 Å². The fraction of sp³-hybridized carbons (Fsp3) is 0.571. The van der Waals surface area contributed by atoms with E-state index in [2.05, 4.69) is 11.9 Å². The van der Waals surface area contributed by atoms with E-state index in [1.54, 1.807) is 0 Å². The van der Waals surface area contributed by atoms with Crippen LogP contribution in [-0.4, -0.2) is 23.5 Å². The predicted molar refractivity (Wildman–Crippen MR) is 44.1 cm³/mol. The van der Waals surface area contributed by atoms with Crippen molar-refractivity contribution in [2.45, 2.75) is 12.5 Å². The number of hydrogen-bond donors (Lipinski definition) is 1. The zero-order chi connectivity index (χ0) is 7.40. The molecule has 1 atom stereocenters. The Balaban J connectivity index is 2.23. The summed E-state index contributed by atoms with van der Waals surface area (Å²) in [5, 5.41) is 2.85. The highest BCUT2D eigenvalue weighted by molar-refractivity contribution is 7.99. The van der Waals surface area contributed by atoms with Gasteiger partial charge in [-0.1, -0.05) is 6.58 Å². The van der Waals surface area contributed by atoms with Gasteiger partial charge in [0.25, 0.3) is 0 Å². The van der Waals surface area contributed by atoms with E-state index in [1.807, 2.05) is 11.8 Å². The van der Waals surface area contributed by atoms with Crippen molar-refractivity contribution >= 4 is 17.7 Å². The van der Waals surface area contributed by atoms with Gasteiger partial charge in [-0.3, -0.25) is 4.79 Å². The number of amides is 1. The van der Waals surface area contributed by atoms with Crippen LogP contribution in [0.25, 0.3) is 0 Å². The summed E-state index contributed by atoms with van der Waals surface area (Å²) < 4.78 is 0. The van der Waals surface area contributed by atoms with E-state index in [-0.39, 0.29) is 5.91 Å². The molecule has 3 heteroatoms. The number of thioether (sulfide) groups is 1. The van der Waals surface area contributed by atoms with Crippen molar-refractivity contribution in [2.75, 3.05) is 11.5 Å². The quantitative estimate of drug-likeness (QED) is 0.600. The van der Waals surface area contributed by atoms with E-state index in [1.165, 1.54) is 11.8 Å². The van der Waals surface area contributed by atoms with Gasteiger partial charge in [0.2, 0.25) is 5.91 Å². The fourth-order valence-corrected chi connectivity index (χ4v) is 2.06. The smallest absolute Gasteiger partial charge is 0.243 e. The fourth-order valence-electron chi connectivity index (χ4n) is 0.908. The van der Waals surface area contributed by atoms with Crippen molar-refractivity contribution in [3.05, 3.63) is 12.7 Å². The van der Waals surface area contributed by atoms with Gasteiger partial charge in [-0.05, 0) is 18.2 Å². The van der Waals surface area contributed by atoms with E-state index in [9.17, 15) is 4.79 Å². The molecule has 56 valence electrons. The lowest BCUT2D eigenvalue weighted by atomic mass is 10.2. The van der Waals surface area contributed by atoms with Gasteiger partial charge in [0, 0.05) is 11.8 Å². The van der Waals surface area contributed by atoms with E-state index >= 15 is 0 Å². The Hall–Kier alpha value is -0.440. The van der Waals surface area contributed by atoms with Crippen LogP contribution in [0.3, 0.4) is 0 Å². The molecule has 0 spiro atoms. The van der Waals surface area contributed by atoms with E-state index < -0.39 is 0 Å². The predicted octanol–water partition coefficient (Wildman–Crippen LogP) is 0.794. The Kier molecular flexibility index (Phi) is 2.81. The van der Waals surface area contributed by atoms with Crippen LogP contribution in [0.1, 0.15) is 6.42 Å². The standard InChI is InChI=1S/C7H11NOS/c1-2-7(9)8-6-3-4-10-5-6/h2,6H,1,3-5H2,(H,8,9). The highest BCUT2D eigenvalue weighted by Gasteiger charge is 2.15. The minimum absolute atomic E-state index is 0.0486. The normalized spacial score (nSPS) is 24.2. The molecule has 0 radical (unpaired) electrons. The maximum absolute atomic E-state index is 10.7. The minimum Gasteiger partial charge on any atom is -0.349 e. The molecule has 1 fully saturated rings. The molecule has 0 bridgehead atoms. The van der Waals surface area contributed by atoms with Gasteiger partial charge in [-0.25, -0.2) is 0 Å². The summed E-state index contributed by atoms with van der Waals surface area (Å²) in [5.74, 6) is 2.18. The third-order valence-corrected chi connectivity index (χ3v) is 2.62. The minimum atomic E-state index is -0.0486. The summed E-state index contributed by atoms with van der Waals surface area (Å²) in [7, 11) is 0. The molecule has 1 N–H and O–H groups in total. The molecule has 0 aromatic carbocycles. The Labute approximate surface area is 65.1 Å². The Morgan fingerprint density at radius 1 is 1.80 bits per heavy atom. The molecular weight excluding hydrogens is 146 g/mol. The first-order chi connectivity index (χ1) is 4.83. The Bertz CT molecular complexity index is 141. The molecule has 1 unspecified atom stereocenters. The van der Waals surface area contributed by atoms with Crippen LogP contribution < -0.4 is 5.32 Å². The lowest BCUT2D eigenvalue weighted by Gasteiger charge is -2.07. The lowest BCUT2D eigenvalue weighted by Crippen LogP contribution is -2.33. The van der Waals surface area contributed by atoms with Crippen molar-refractivity contribution in [2.24, 2.45) is 0 Å². The number of hydrogen-bond acceptors (Lipinski definition) is 2. The molecule has 1 amide bonds. The topological polar surface area (TPSA) is 29.1 Å². The summed E-state index contributed by atoms with van der Waals surface area (Å²) in [4.78, 5) is 10.7. The summed E-state index contributed by atoms with van der Waals surface area (Å²) in [6.45, 7) is 3.38. The van der Waals surface area contributed by atoms with Crippen LogP contribution in [0.4, 0.5) is 0 Å². The lowest BCUT2D eigenvalue weighted by molar-refractivity contribution is -0.117. The number of carbonyl (C=O) groups is 1. The van der Waals surface area contributed by atoms with Gasteiger partial charge in [0.05, 0.1) is 0 Å². The number of nitrogens with one attached hydrogen (secondary N) is 1. The van der Waals surface area contributed by atoms with Crippen LogP contribution in [0.5, 0.6) is 0 Å². The zero-order valence-electron chi connectivity index (χ0n) is 5.80. The molecule has 1 aliphatic heterocycles. The van der Waals surface area contributed by atoms with E-state index in [0.29, 0.717) is 6.04 Å². The highest BCUT2D eigenvalue weighted by atomic mass is 32.2. The number of rotatable bonds is 2. The largest absolute Gasteiger partial charge is 0.349 e. The molecule has 0 aromatic heterocycles. The summed E-state index contributed by atoms with van der Waals surface area (Å²) in [5.41, 5.74) is 0. The maximum Gasteiger partial charge on any atom is 0.243 e. The van der Waals surface area contributed by atoms with E-state index in [4.69, 9.17) is 0 Å². The second-order valence-electron chi connectivity index (χ2n) is 2.27. The molecule has 1 aliphatic rings. The average molecular weight is 157 g/mol. The van der Waals surface area contributed by atoms with Crippen molar-refractivity contribution in [3.63, 3.8) is 0 Å². The molecular formula is C7H11NOS. The van der Waals surface area contributed by atoms with Crippen molar-refractivity contribution in [1.82, 2.24) is 5.32 Å². The van der Waals surface area contributed by atoms with Gasteiger partial charge < -0.3 is 5.32 Å². The monoisotopic (exact) mass is 157 g/mol. The summed E-state index contributed by atoms with van der Waals surface area (Å²) >= 11 is 1.89. The van der Waals surface area contributed by atoms with Crippen LogP contribution in [0, 0.1) is 0 Å². The SMILES string of the molecule is C=CC(=O)NC1CCSC1. The van der Waals surface area contributed by atoms with Crippen molar-refractivity contribution < 1.29 is 4.79 Å². The van der Waals surface area contributed by atoms with Crippen molar-refractivity contribution in [3.8, 4) is 0 Å². The Morgan fingerprint density at radius 2 is 2.60 bits per heavy atom. The summed E-state index contributed by atoms with van der Waals surface area (Å²) in [6.07, 6.45) is 2.42. The second-order valence-corrected chi connectivity index (χ2v) is 3.42. The Morgan fingerprint density at radius 3 is 3.10 bits per heavy atom. The number of carbonyl (C=O) groups excluding carboxylic acids is 1. The molecule has 1 heterocycles. The molecule has 0 aliphatic carbocycles. The van der Waals surface area contributed by atoms with Crippen LogP contribution in [0.2, 0.25) is 0 Å². The molecule has 1 rings (SSSR count). The van der Waals surface area contributed by atoms with Gasteiger partial charge in [-0.15, -0.1) is 0 Å². The maximum atomic E-state index is 10.7. The third kappa shape index (κ3) is 2.06. The first-order valence-electron chi connectivity index (χ1n) is 3.33. The van der Waals surface area contributed by atoms with Gasteiger partial charge in [0.1, 0.15) is 0 Å². The summed E-state index contributed by atoms with van der Waals surface area (Å²) in [6, 6.07) is 0.385. The third-order valence-electron chi connectivity index (χ3n) is 1.46. The zero-order valence-corrected chi connectivity index (χ0v) is 6.62. The molecule has 2 nitrogen and oxygen atoms in total. The van der Waals surface area contributed by atoms with Crippen LogP contribution in [-0.2, 0) is 4.79 Å². The first-order valence-corrected chi connectivity index (χ1v) is 4.49. The molecule has 1 saturated heterocycles. The van der Waals surface area contributed by atoms with Crippen LogP contribution >= 0.6 is 11.8 Å². The molecule has 0 aromatic rings. The van der Waals surface area contributed by atoms with Crippen molar-refractivity contribution in [1.29, 1.82) is 0 Å². The average Bonchev–Trinajstić information content (AvgIpc) is 2.40. The van der Waals surface area contributed by atoms with Gasteiger partial charge in [0.15, 0.2) is 0 Å². The molecule has 0 saturated carbocycles. The van der Waals surface area contributed by atoms with Gasteiger partial charge >= 0.3 is 0 Å². The second kappa shape index (κ2) is 3.66. The molecule has 10 heavy (non-hydrogen) atoms. The van der Waals surface area contributed by atoms with E-state index in [0.717, 1.165) is 12.2 Å². The van der Waals surface area contributed by atoms with Crippen LogP contribution in [0.15, 0.2) is 12.7 Å². The first kappa shape index (κ1) is 7.66.